The number of hydrogen-bond donors (Lipinski definition) is 1. The zero-order valence-corrected chi connectivity index (χ0v) is 13.7. The van der Waals surface area contributed by atoms with Gasteiger partial charge in [-0.2, -0.15) is 0 Å². The number of nitrogens with one attached hydrogen (secondary N) is 1. The minimum atomic E-state index is -0.281. The molecule has 2 aromatic carbocycles. The number of carbonyl (C=O) groups is 1. The highest BCUT2D eigenvalue weighted by molar-refractivity contribution is 6.44. The fraction of sp³-hybridized carbons (Fsp3) is 0.235. The number of carbonyl (C=O) groups excluding carboxylic acids is 1. The van der Waals surface area contributed by atoms with E-state index >= 15 is 0 Å². The topological polar surface area (TPSA) is 38.3 Å². The van der Waals surface area contributed by atoms with Crippen LogP contribution in [0.3, 0.4) is 0 Å². The average Bonchev–Trinajstić information content (AvgIpc) is 2.52. The van der Waals surface area contributed by atoms with Crippen LogP contribution in [0.1, 0.15) is 30.1 Å². The van der Waals surface area contributed by atoms with Gasteiger partial charge in [-0.25, -0.2) is 0 Å². The highest BCUT2D eigenvalue weighted by Gasteiger charge is 2.14. The van der Waals surface area contributed by atoms with Gasteiger partial charge in [-0.15, -0.1) is 0 Å². The number of para-hydroxylation sites is 1. The van der Waals surface area contributed by atoms with Crippen LogP contribution in [0.2, 0.25) is 10.0 Å². The van der Waals surface area contributed by atoms with Crippen molar-refractivity contribution in [3.63, 3.8) is 0 Å². The molecule has 0 heterocycles. The van der Waals surface area contributed by atoms with Crippen molar-refractivity contribution in [2.45, 2.75) is 19.8 Å². The highest BCUT2D eigenvalue weighted by Crippen LogP contribution is 2.30. The van der Waals surface area contributed by atoms with Crippen molar-refractivity contribution in [2.75, 3.05) is 11.9 Å². The molecule has 1 N–H and O–H groups in total. The maximum absolute atomic E-state index is 12.4. The van der Waals surface area contributed by atoms with Gasteiger partial charge in [0.1, 0.15) is 5.75 Å². The van der Waals surface area contributed by atoms with E-state index in [4.69, 9.17) is 27.9 Å². The van der Waals surface area contributed by atoms with Crippen LogP contribution in [0, 0.1) is 0 Å². The van der Waals surface area contributed by atoms with Crippen molar-refractivity contribution < 1.29 is 9.53 Å². The second kappa shape index (κ2) is 8.06. The van der Waals surface area contributed by atoms with E-state index in [-0.39, 0.29) is 5.91 Å². The number of rotatable bonds is 6. The fourth-order valence-corrected chi connectivity index (χ4v) is 2.24. The minimum Gasteiger partial charge on any atom is -0.493 e. The van der Waals surface area contributed by atoms with E-state index in [0.29, 0.717) is 33.7 Å². The maximum atomic E-state index is 12.4. The molecule has 3 nitrogen and oxygen atoms in total. The van der Waals surface area contributed by atoms with Crippen LogP contribution in [0.4, 0.5) is 5.69 Å². The summed E-state index contributed by atoms with van der Waals surface area (Å²) in [6.07, 6.45) is 1.97. The molecule has 0 aliphatic carbocycles. The second-order valence-corrected chi connectivity index (χ2v) is 5.54. The first-order valence-electron chi connectivity index (χ1n) is 7.10. The molecular formula is C17H17Cl2NO2. The minimum absolute atomic E-state index is 0.281. The summed E-state index contributed by atoms with van der Waals surface area (Å²) in [5.74, 6) is 0.280. The standard InChI is InChI=1S/C17H17Cl2NO2/c1-2-3-11-22-15-10-5-4-7-12(15)17(21)20-14-9-6-8-13(18)16(14)19/h4-10H,2-3,11H2,1H3,(H,20,21). The molecule has 0 spiro atoms. The average molecular weight is 338 g/mol. The van der Waals surface area contributed by atoms with Gasteiger partial charge >= 0.3 is 0 Å². The zero-order valence-electron chi connectivity index (χ0n) is 12.2. The van der Waals surface area contributed by atoms with Gasteiger partial charge in [0.15, 0.2) is 0 Å². The molecule has 1 amide bonds. The van der Waals surface area contributed by atoms with Gasteiger partial charge in [-0.1, -0.05) is 54.7 Å². The van der Waals surface area contributed by atoms with Gasteiger partial charge in [0, 0.05) is 0 Å². The Balaban J connectivity index is 2.17. The van der Waals surface area contributed by atoms with Crippen LogP contribution in [-0.2, 0) is 0 Å². The Morgan fingerprint density at radius 3 is 2.68 bits per heavy atom. The predicted molar refractivity (Wildman–Crippen MR) is 91.3 cm³/mol. The van der Waals surface area contributed by atoms with E-state index in [1.807, 2.05) is 6.07 Å². The molecular weight excluding hydrogens is 321 g/mol. The Morgan fingerprint density at radius 1 is 1.14 bits per heavy atom. The molecule has 0 aliphatic rings. The summed E-state index contributed by atoms with van der Waals surface area (Å²) >= 11 is 12.0. The largest absolute Gasteiger partial charge is 0.493 e. The Kier molecular flexibility index (Phi) is 6.10. The number of halogens is 2. The third-order valence-corrected chi connectivity index (χ3v) is 3.91. The first-order chi connectivity index (χ1) is 10.6. The monoisotopic (exact) mass is 337 g/mol. The van der Waals surface area contributed by atoms with Crippen molar-refractivity contribution in [3.05, 3.63) is 58.1 Å². The molecule has 0 saturated carbocycles. The summed E-state index contributed by atoms with van der Waals surface area (Å²) in [5, 5.41) is 3.48. The molecule has 0 radical (unpaired) electrons. The molecule has 0 atom stereocenters. The van der Waals surface area contributed by atoms with E-state index < -0.39 is 0 Å². The predicted octanol–water partition coefficient (Wildman–Crippen LogP) is 5.42. The van der Waals surface area contributed by atoms with Crippen LogP contribution in [0.25, 0.3) is 0 Å². The number of amides is 1. The van der Waals surface area contributed by atoms with Gasteiger partial charge in [0.25, 0.3) is 5.91 Å². The van der Waals surface area contributed by atoms with E-state index in [1.165, 1.54) is 0 Å². The van der Waals surface area contributed by atoms with Crippen LogP contribution >= 0.6 is 23.2 Å². The molecule has 22 heavy (non-hydrogen) atoms. The highest BCUT2D eigenvalue weighted by atomic mass is 35.5. The van der Waals surface area contributed by atoms with Gasteiger partial charge in [0.05, 0.1) is 27.9 Å². The molecule has 116 valence electrons. The fourth-order valence-electron chi connectivity index (χ4n) is 1.90. The van der Waals surface area contributed by atoms with Crippen LogP contribution < -0.4 is 10.1 Å². The number of benzene rings is 2. The van der Waals surface area contributed by atoms with Crippen molar-refractivity contribution in [3.8, 4) is 5.75 Å². The smallest absolute Gasteiger partial charge is 0.259 e. The second-order valence-electron chi connectivity index (χ2n) is 4.75. The summed E-state index contributed by atoms with van der Waals surface area (Å²) in [7, 11) is 0. The van der Waals surface area contributed by atoms with Gasteiger partial charge < -0.3 is 10.1 Å². The Bertz CT molecular complexity index is 659. The lowest BCUT2D eigenvalue weighted by Gasteiger charge is -2.12. The van der Waals surface area contributed by atoms with Crippen LogP contribution in [0.15, 0.2) is 42.5 Å². The van der Waals surface area contributed by atoms with Crippen molar-refractivity contribution in [1.82, 2.24) is 0 Å². The Hall–Kier alpha value is -1.71. The lowest BCUT2D eigenvalue weighted by Crippen LogP contribution is -2.14. The normalized spacial score (nSPS) is 10.3. The zero-order chi connectivity index (χ0) is 15.9. The first kappa shape index (κ1) is 16.7. The molecule has 0 aromatic heterocycles. The van der Waals surface area contributed by atoms with Crippen LogP contribution in [0.5, 0.6) is 5.75 Å². The number of unbranched alkanes of at least 4 members (excludes halogenated alkanes) is 1. The lowest BCUT2D eigenvalue weighted by molar-refractivity contribution is 0.102. The first-order valence-corrected chi connectivity index (χ1v) is 7.86. The van der Waals surface area contributed by atoms with Gasteiger partial charge in [-0.3, -0.25) is 4.79 Å². The molecule has 0 saturated heterocycles. The van der Waals surface area contributed by atoms with E-state index in [0.717, 1.165) is 12.8 Å². The molecule has 2 aromatic rings. The van der Waals surface area contributed by atoms with Crippen molar-refractivity contribution in [2.24, 2.45) is 0 Å². The maximum Gasteiger partial charge on any atom is 0.259 e. The van der Waals surface area contributed by atoms with Crippen LogP contribution in [-0.4, -0.2) is 12.5 Å². The molecule has 0 aliphatic heterocycles. The summed E-state index contributed by atoms with van der Waals surface area (Å²) < 4.78 is 5.67. The number of anilines is 1. The van der Waals surface area contributed by atoms with E-state index in [1.54, 1.807) is 36.4 Å². The summed E-state index contributed by atoms with van der Waals surface area (Å²) in [4.78, 5) is 12.4. The van der Waals surface area contributed by atoms with Crippen molar-refractivity contribution in [1.29, 1.82) is 0 Å². The molecule has 0 unspecified atom stereocenters. The lowest BCUT2D eigenvalue weighted by atomic mass is 10.2. The quantitative estimate of drug-likeness (QED) is 0.714. The third-order valence-electron chi connectivity index (χ3n) is 3.09. The molecule has 2 rings (SSSR count). The van der Waals surface area contributed by atoms with Crippen molar-refractivity contribution >= 4 is 34.8 Å². The third kappa shape index (κ3) is 4.15. The molecule has 0 fully saturated rings. The van der Waals surface area contributed by atoms with Gasteiger partial charge in [-0.05, 0) is 30.7 Å². The Morgan fingerprint density at radius 2 is 1.91 bits per heavy atom. The Labute approximate surface area is 140 Å². The summed E-state index contributed by atoms with van der Waals surface area (Å²) in [6.45, 7) is 2.67. The number of ether oxygens (including phenoxy) is 1. The van der Waals surface area contributed by atoms with E-state index in [2.05, 4.69) is 12.2 Å². The molecule has 5 heteroatoms. The molecule has 0 bridgehead atoms. The SMILES string of the molecule is CCCCOc1ccccc1C(=O)Nc1cccc(Cl)c1Cl. The summed E-state index contributed by atoms with van der Waals surface area (Å²) in [5.41, 5.74) is 0.942. The summed E-state index contributed by atoms with van der Waals surface area (Å²) in [6, 6.07) is 12.2. The van der Waals surface area contributed by atoms with E-state index in [9.17, 15) is 4.79 Å². The number of hydrogen-bond acceptors (Lipinski definition) is 2. The van der Waals surface area contributed by atoms with Gasteiger partial charge in [0.2, 0.25) is 0 Å².